The Balaban J connectivity index is 2.26. The van der Waals surface area contributed by atoms with E-state index in [-0.39, 0.29) is 6.42 Å². The van der Waals surface area contributed by atoms with Gasteiger partial charge in [0, 0.05) is 19.4 Å². The monoisotopic (exact) mass is 272 g/mol. The Hall–Kier alpha value is -1.70. The molecule has 0 saturated heterocycles. The first kappa shape index (κ1) is 15.4. The van der Waals surface area contributed by atoms with Crippen molar-refractivity contribution in [2.24, 2.45) is 16.0 Å². The first-order valence-electron chi connectivity index (χ1n) is 6.03. The molecule has 4 N–H and O–H groups in total. The molecule has 1 aliphatic rings. The normalized spacial score (nSPS) is 17.7. The van der Waals surface area contributed by atoms with Crippen molar-refractivity contribution in [3.05, 3.63) is 0 Å². The molecule has 0 aliphatic carbocycles. The fourth-order valence-electron chi connectivity index (χ4n) is 1.47. The molecule has 0 radical (unpaired) electrons. The Morgan fingerprint density at radius 3 is 2.42 bits per heavy atom. The summed E-state index contributed by atoms with van der Waals surface area (Å²) in [5.74, 6) is -1.09. The quantitative estimate of drug-likeness (QED) is 0.661. The van der Waals surface area contributed by atoms with Gasteiger partial charge in [-0.3, -0.25) is 4.79 Å². The van der Waals surface area contributed by atoms with Gasteiger partial charge in [-0.1, -0.05) is 0 Å². The minimum absolute atomic E-state index is 0.137. The first-order chi connectivity index (χ1) is 8.64. The molecule has 0 aromatic carbocycles. The van der Waals surface area contributed by atoms with Crippen molar-refractivity contribution in [1.82, 2.24) is 5.32 Å². The third kappa shape index (κ3) is 5.64. The van der Waals surface area contributed by atoms with Gasteiger partial charge in [-0.05, 0) is 20.8 Å². The Bertz CT molecular complexity index is 383. The van der Waals surface area contributed by atoms with Crippen molar-refractivity contribution in [1.29, 1.82) is 0 Å². The third-order valence-electron chi connectivity index (χ3n) is 2.44. The molecule has 1 rings (SSSR count). The van der Waals surface area contributed by atoms with Crippen molar-refractivity contribution < 1.29 is 19.4 Å². The summed E-state index contributed by atoms with van der Waals surface area (Å²) >= 11 is 0. The van der Waals surface area contributed by atoms with Crippen molar-refractivity contribution in [3.63, 3.8) is 0 Å². The molecule has 1 aliphatic heterocycles. The molecular weight excluding hydrogens is 252 g/mol. The second kappa shape index (κ2) is 5.52. The van der Waals surface area contributed by atoms with Gasteiger partial charge in [0.2, 0.25) is 0 Å². The van der Waals surface area contributed by atoms with Gasteiger partial charge < -0.3 is 20.9 Å². The average Bonchev–Trinajstić information content (AvgIpc) is 2.95. The third-order valence-corrected chi connectivity index (χ3v) is 2.44. The molecule has 19 heavy (non-hydrogen) atoms. The highest BCUT2D eigenvalue weighted by Crippen LogP contribution is 2.35. The van der Waals surface area contributed by atoms with Gasteiger partial charge in [0.1, 0.15) is 11.6 Å². The number of carboxylic acid groups (broad SMARTS) is 1. The summed E-state index contributed by atoms with van der Waals surface area (Å²) in [6.07, 6.45) is 0.0248. The molecule has 0 bridgehead atoms. The van der Waals surface area contributed by atoms with E-state index in [9.17, 15) is 9.59 Å². The number of alkyl carbamates (subject to hydrolysis) is 1. The van der Waals surface area contributed by atoms with Crippen LogP contribution in [0.2, 0.25) is 0 Å². The molecule has 1 heterocycles. The fourth-order valence-corrected chi connectivity index (χ4v) is 1.47. The van der Waals surface area contributed by atoms with Crippen LogP contribution in [0.5, 0.6) is 0 Å². The Labute approximate surface area is 111 Å². The van der Waals surface area contributed by atoms with Crippen LogP contribution in [0.3, 0.4) is 0 Å². The van der Waals surface area contributed by atoms with Gasteiger partial charge in [-0.15, -0.1) is 0 Å². The van der Waals surface area contributed by atoms with E-state index in [0.717, 1.165) is 0 Å². The standard InChI is InChI=1S/C11H20N4O4/c1-10(2,3)19-9(18)13-5-4-11(14-15-11)6-7(12)8(16)17/h7H,4-6,12H2,1-3H3,(H,13,18)(H,16,17)/t7-/m0/s1. The maximum atomic E-state index is 11.4. The lowest BCUT2D eigenvalue weighted by molar-refractivity contribution is -0.138. The van der Waals surface area contributed by atoms with Crippen LogP contribution < -0.4 is 11.1 Å². The molecular formula is C11H20N4O4. The maximum Gasteiger partial charge on any atom is 0.407 e. The number of aliphatic carboxylic acids is 1. The lowest BCUT2D eigenvalue weighted by Crippen LogP contribution is -2.38. The second-order valence-electron chi connectivity index (χ2n) is 5.51. The number of amides is 1. The molecule has 8 heteroatoms. The molecule has 8 nitrogen and oxygen atoms in total. The molecule has 108 valence electrons. The lowest BCUT2D eigenvalue weighted by Gasteiger charge is -2.20. The number of nitrogens with two attached hydrogens (primary N) is 1. The zero-order valence-corrected chi connectivity index (χ0v) is 11.3. The van der Waals surface area contributed by atoms with Crippen LogP contribution in [0.1, 0.15) is 33.6 Å². The van der Waals surface area contributed by atoms with Gasteiger partial charge in [0.15, 0.2) is 5.66 Å². The minimum atomic E-state index is -1.09. The van der Waals surface area contributed by atoms with E-state index in [1.54, 1.807) is 20.8 Å². The van der Waals surface area contributed by atoms with Gasteiger partial charge in [0.05, 0.1) is 0 Å². The summed E-state index contributed by atoms with van der Waals surface area (Å²) in [5.41, 5.74) is 4.11. The molecule has 0 unspecified atom stereocenters. The number of carboxylic acids is 1. The van der Waals surface area contributed by atoms with Crippen LogP contribution in [0, 0.1) is 0 Å². The Morgan fingerprint density at radius 1 is 1.42 bits per heavy atom. The SMILES string of the molecule is CC(C)(C)OC(=O)NCCC1(C[C@H](N)C(=O)O)N=N1. The van der Waals surface area contributed by atoms with E-state index >= 15 is 0 Å². The Kier molecular flexibility index (Phi) is 4.46. The highest BCUT2D eigenvalue weighted by molar-refractivity contribution is 5.73. The predicted octanol–water partition coefficient (Wildman–Crippen LogP) is 0.865. The van der Waals surface area contributed by atoms with Gasteiger partial charge in [-0.2, -0.15) is 10.2 Å². The fraction of sp³-hybridized carbons (Fsp3) is 0.818. The van der Waals surface area contributed by atoms with Crippen LogP contribution in [-0.4, -0.2) is 41.0 Å². The number of ether oxygens (including phenoxy) is 1. The summed E-state index contributed by atoms with van der Waals surface area (Å²) in [7, 11) is 0. The summed E-state index contributed by atoms with van der Waals surface area (Å²) in [4.78, 5) is 22.0. The zero-order chi connectivity index (χ0) is 14.7. The zero-order valence-electron chi connectivity index (χ0n) is 11.3. The van der Waals surface area contributed by atoms with Gasteiger partial charge in [0.25, 0.3) is 0 Å². The van der Waals surface area contributed by atoms with Crippen LogP contribution in [0.25, 0.3) is 0 Å². The van der Waals surface area contributed by atoms with Crippen molar-refractivity contribution in [2.45, 2.75) is 50.9 Å². The van der Waals surface area contributed by atoms with Crippen molar-refractivity contribution in [3.8, 4) is 0 Å². The summed E-state index contributed by atoms with van der Waals surface area (Å²) < 4.78 is 5.06. The highest BCUT2D eigenvalue weighted by atomic mass is 16.6. The summed E-state index contributed by atoms with van der Waals surface area (Å²) in [5, 5.41) is 18.9. The van der Waals surface area contributed by atoms with Crippen LogP contribution in [-0.2, 0) is 9.53 Å². The predicted molar refractivity (Wildman–Crippen MR) is 66.7 cm³/mol. The molecule has 0 aromatic heterocycles. The first-order valence-corrected chi connectivity index (χ1v) is 6.03. The summed E-state index contributed by atoms with van der Waals surface area (Å²) in [6.45, 7) is 5.61. The van der Waals surface area contributed by atoms with E-state index in [1.165, 1.54) is 0 Å². The molecule has 0 spiro atoms. The van der Waals surface area contributed by atoms with E-state index < -0.39 is 29.4 Å². The molecule has 1 atom stereocenters. The minimum Gasteiger partial charge on any atom is -0.480 e. The number of hydrogen-bond donors (Lipinski definition) is 3. The molecule has 0 fully saturated rings. The number of carbonyl (C=O) groups excluding carboxylic acids is 1. The largest absolute Gasteiger partial charge is 0.480 e. The van der Waals surface area contributed by atoms with Crippen LogP contribution in [0.15, 0.2) is 10.2 Å². The number of rotatable bonds is 6. The average molecular weight is 272 g/mol. The van der Waals surface area contributed by atoms with Crippen LogP contribution in [0.4, 0.5) is 4.79 Å². The van der Waals surface area contributed by atoms with Crippen molar-refractivity contribution >= 4 is 12.1 Å². The van der Waals surface area contributed by atoms with Gasteiger partial charge >= 0.3 is 12.1 Å². The van der Waals surface area contributed by atoms with Crippen molar-refractivity contribution in [2.75, 3.05) is 6.54 Å². The van der Waals surface area contributed by atoms with Crippen LogP contribution >= 0.6 is 0 Å². The number of nitrogens with zero attached hydrogens (tertiary/aromatic N) is 2. The molecule has 1 amide bonds. The lowest BCUT2D eigenvalue weighted by atomic mass is 10.0. The van der Waals surface area contributed by atoms with E-state index in [1.807, 2.05) is 0 Å². The van der Waals surface area contributed by atoms with Gasteiger partial charge in [-0.25, -0.2) is 4.79 Å². The maximum absolute atomic E-state index is 11.4. The molecule has 0 aromatic rings. The topological polar surface area (TPSA) is 126 Å². The second-order valence-corrected chi connectivity index (χ2v) is 5.51. The smallest absolute Gasteiger partial charge is 0.407 e. The van der Waals surface area contributed by atoms with E-state index in [0.29, 0.717) is 13.0 Å². The number of carbonyl (C=O) groups is 2. The number of nitrogens with one attached hydrogen (secondary N) is 1. The van der Waals surface area contributed by atoms with E-state index in [4.69, 9.17) is 15.6 Å². The van der Waals surface area contributed by atoms with E-state index in [2.05, 4.69) is 15.5 Å². The Morgan fingerprint density at radius 2 is 2.00 bits per heavy atom. The summed E-state index contributed by atoms with van der Waals surface area (Å²) in [6, 6.07) is -1.00. The highest BCUT2D eigenvalue weighted by Gasteiger charge is 2.42. The number of hydrogen-bond acceptors (Lipinski definition) is 6. The molecule has 0 saturated carbocycles.